The second kappa shape index (κ2) is 3.36. The second-order valence-corrected chi connectivity index (χ2v) is 3.38. The van der Waals surface area contributed by atoms with Crippen LogP contribution in [0.5, 0.6) is 0 Å². The van der Waals surface area contributed by atoms with Gasteiger partial charge in [-0.15, -0.1) is 0 Å². The molecule has 0 aromatic carbocycles. The van der Waals surface area contributed by atoms with Crippen LogP contribution < -0.4 is 5.73 Å². The highest BCUT2D eigenvalue weighted by atomic mass is 16.4. The Balaban J connectivity index is 2.54. The fourth-order valence-corrected chi connectivity index (χ4v) is 1.46. The first kappa shape index (κ1) is 9.67. The third-order valence-corrected chi connectivity index (χ3v) is 2.36. The standard InChI is InChI=1S/C10H11N3O2/c1-6-12-4-8-3-2-7(5-13(6)8)9(11)10(14)15/h2-5,9H,11H2,1H3,(H,14,15). The van der Waals surface area contributed by atoms with E-state index in [1.807, 2.05) is 11.3 Å². The van der Waals surface area contributed by atoms with Crippen molar-refractivity contribution in [3.05, 3.63) is 35.9 Å². The van der Waals surface area contributed by atoms with Crippen molar-refractivity contribution in [1.29, 1.82) is 0 Å². The van der Waals surface area contributed by atoms with Crippen molar-refractivity contribution < 1.29 is 9.90 Å². The average Bonchev–Trinajstić information content (AvgIpc) is 2.59. The molecule has 15 heavy (non-hydrogen) atoms. The van der Waals surface area contributed by atoms with E-state index in [1.165, 1.54) is 0 Å². The molecule has 0 aliphatic heterocycles. The zero-order chi connectivity index (χ0) is 11.0. The van der Waals surface area contributed by atoms with Crippen LogP contribution in [0.25, 0.3) is 5.52 Å². The molecule has 1 atom stereocenters. The van der Waals surface area contributed by atoms with Gasteiger partial charge in [0, 0.05) is 6.20 Å². The molecular formula is C10H11N3O2. The summed E-state index contributed by atoms with van der Waals surface area (Å²) in [6.07, 6.45) is 3.43. The average molecular weight is 205 g/mol. The zero-order valence-corrected chi connectivity index (χ0v) is 8.21. The maximum absolute atomic E-state index is 10.7. The minimum absolute atomic E-state index is 0.566. The van der Waals surface area contributed by atoms with Crippen LogP contribution in [0.15, 0.2) is 24.5 Å². The molecule has 2 rings (SSSR count). The summed E-state index contributed by atoms with van der Waals surface area (Å²) in [7, 11) is 0. The molecule has 0 amide bonds. The first-order valence-electron chi connectivity index (χ1n) is 4.51. The Bertz CT molecular complexity index is 518. The van der Waals surface area contributed by atoms with E-state index in [2.05, 4.69) is 4.98 Å². The quantitative estimate of drug-likeness (QED) is 0.757. The van der Waals surface area contributed by atoms with Crippen LogP contribution >= 0.6 is 0 Å². The summed E-state index contributed by atoms with van der Waals surface area (Å²) < 4.78 is 1.82. The largest absolute Gasteiger partial charge is 0.480 e. The van der Waals surface area contributed by atoms with Crippen molar-refractivity contribution in [2.75, 3.05) is 0 Å². The van der Waals surface area contributed by atoms with E-state index in [-0.39, 0.29) is 0 Å². The summed E-state index contributed by atoms with van der Waals surface area (Å²) in [5, 5.41) is 8.78. The van der Waals surface area contributed by atoms with Crippen LogP contribution in [0.1, 0.15) is 17.4 Å². The lowest BCUT2D eigenvalue weighted by molar-refractivity contribution is -0.138. The number of nitrogens with zero attached hydrogens (tertiary/aromatic N) is 2. The molecule has 0 spiro atoms. The Kier molecular flexibility index (Phi) is 2.17. The molecule has 0 radical (unpaired) electrons. The molecule has 5 heteroatoms. The number of aromatic nitrogens is 2. The van der Waals surface area contributed by atoms with Crippen molar-refractivity contribution in [3.63, 3.8) is 0 Å². The van der Waals surface area contributed by atoms with Gasteiger partial charge in [-0.1, -0.05) is 6.07 Å². The minimum Gasteiger partial charge on any atom is -0.480 e. The fraction of sp³-hybridized carbons (Fsp3) is 0.200. The van der Waals surface area contributed by atoms with Crippen LogP contribution in [0.3, 0.4) is 0 Å². The highest BCUT2D eigenvalue weighted by Gasteiger charge is 2.14. The topological polar surface area (TPSA) is 80.6 Å². The van der Waals surface area contributed by atoms with E-state index in [0.29, 0.717) is 5.56 Å². The van der Waals surface area contributed by atoms with Gasteiger partial charge in [0.2, 0.25) is 0 Å². The summed E-state index contributed by atoms with van der Waals surface area (Å²) in [5.74, 6) is -0.225. The molecule has 0 saturated heterocycles. The van der Waals surface area contributed by atoms with Crippen LogP contribution in [0, 0.1) is 6.92 Å². The number of aliphatic carboxylic acids is 1. The van der Waals surface area contributed by atoms with Crippen molar-refractivity contribution in [2.45, 2.75) is 13.0 Å². The smallest absolute Gasteiger partial charge is 0.325 e. The highest BCUT2D eigenvalue weighted by molar-refractivity contribution is 5.75. The van der Waals surface area contributed by atoms with Crippen LogP contribution in [-0.2, 0) is 4.79 Å². The lowest BCUT2D eigenvalue weighted by atomic mass is 10.1. The van der Waals surface area contributed by atoms with Crippen molar-refractivity contribution in [3.8, 4) is 0 Å². The van der Waals surface area contributed by atoms with Gasteiger partial charge in [-0.05, 0) is 18.6 Å². The van der Waals surface area contributed by atoms with Crippen molar-refractivity contribution in [2.24, 2.45) is 5.73 Å². The van der Waals surface area contributed by atoms with Gasteiger partial charge in [0.25, 0.3) is 0 Å². The fourth-order valence-electron chi connectivity index (χ4n) is 1.46. The van der Waals surface area contributed by atoms with Gasteiger partial charge in [-0.25, -0.2) is 4.98 Å². The van der Waals surface area contributed by atoms with Crippen molar-refractivity contribution >= 4 is 11.5 Å². The molecule has 2 heterocycles. The molecule has 1 unspecified atom stereocenters. The Morgan fingerprint density at radius 3 is 3.00 bits per heavy atom. The molecule has 3 N–H and O–H groups in total. The summed E-state index contributed by atoms with van der Waals surface area (Å²) >= 11 is 0. The van der Waals surface area contributed by atoms with Gasteiger partial charge < -0.3 is 15.2 Å². The molecule has 2 aromatic heterocycles. The van der Waals surface area contributed by atoms with Gasteiger partial charge in [0.05, 0.1) is 11.7 Å². The summed E-state index contributed by atoms with van der Waals surface area (Å²) in [4.78, 5) is 14.8. The third-order valence-electron chi connectivity index (χ3n) is 2.36. The summed E-state index contributed by atoms with van der Waals surface area (Å²) in [6.45, 7) is 1.85. The van der Waals surface area contributed by atoms with Crippen LogP contribution in [0.4, 0.5) is 0 Å². The maximum Gasteiger partial charge on any atom is 0.325 e. The Hall–Kier alpha value is -1.88. The SMILES string of the molecule is Cc1ncc2ccc(C(N)C(=O)O)cn12. The number of nitrogens with two attached hydrogens (primary N) is 1. The molecule has 78 valence electrons. The van der Waals surface area contributed by atoms with Gasteiger partial charge in [0.1, 0.15) is 11.9 Å². The van der Waals surface area contributed by atoms with Crippen LogP contribution in [-0.4, -0.2) is 20.5 Å². The summed E-state index contributed by atoms with van der Waals surface area (Å²) in [5.41, 5.74) is 7.01. The second-order valence-electron chi connectivity index (χ2n) is 3.38. The number of fused-ring (bicyclic) bond motifs is 1. The van der Waals surface area contributed by atoms with Crippen LogP contribution in [0.2, 0.25) is 0 Å². The third kappa shape index (κ3) is 1.57. The molecule has 0 aliphatic carbocycles. The van der Waals surface area contributed by atoms with Crippen molar-refractivity contribution in [1.82, 2.24) is 9.38 Å². The number of pyridine rings is 1. The molecule has 2 aromatic rings. The molecule has 0 fully saturated rings. The number of hydrogen-bond donors (Lipinski definition) is 2. The number of hydrogen-bond acceptors (Lipinski definition) is 3. The maximum atomic E-state index is 10.7. The number of aryl methyl sites for hydroxylation is 1. The first-order chi connectivity index (χ1) is 7.09. The van der Waals surface area contributed by atoms with E-state index >= 15 is 0 Å². The van der Waals surface area contributed by atoms with E-state index in [9.17, 15) is 4.79 Å². The Labute approximate surface area is 86.2 Å². The minimum atomic E-state index is -1.04. The predicted molar refractivity (Wildman–Crippen MR) is 54.5 cm³/mol. The number of carboxylic acid groups (broad SMARTS) is 1. The van der Waals surface area contributed by atoms with Gasteiger partial charge in [-0.3, -0.25) is 4.79 Å². The zero-order valence-electron chi connectivity index (χ0n) is 8.21. The lowest BCUT2D eigenvalue weighted by Crippen LogP contribution is -2.20. The number of imidazole rings is 1. The number of rotatable bonds is 2. The Morgan fingerprint density at radius 1 is 1.60 bits per heavy atom. The predicted octanol–water partition coefficient (Wildman–Crippen LogP) is 0.727. The molecule has 5 nitrogen and oxygen atoms in total. The number of carboxylic acids is 1. The van der Waals surface area contributed by atoms with Gasteiger partial charge >= 0.3 is 5.97 Å². The molecular weight excluding hydrogens is 194 g/mol. The molecule has 0 aliphatic rings. The molecule has 0 bridgehead atoms. The highest BCUT2D eigenvalue weighted by Crippen LogP contribution is 2.14. The Morgan fingerprint density at radius 2 is 2.33 bits per heavy atom. The lowest BCUT2D eigenvalue weighted by Gasteiger charge is -2.07. The van der Waals surface area contributed by atoms with E-state index in [4.69, 9.17) is 10.8 Å². The molecule has 0 saturated carbocycles. The summed E-state index contributed by atoms with van der Waals surface area (Å²) in [6, 6.07) is 2.52. The van der Waals surface area contributed by atoms with Gasteiger partial charge in [-0.2, -0.15) is 0 Å². The van der Waals surface area contributed by atoms with E-state index in [1.54, 1.807) is 24.5 Å². The monoisotopic (exact) mass is 205 g/mol. The number of carbonyl (C=O) groups is 1. The van der Waals surface area contributed by atoms with E-state index < -0.39 is 12.0 Å². The normalized spacial score (nSPS) is 12.9. The first-order valence-corrected chi connectivity index (χ1v) is 4.51. The van der Waals surface area contributed by atoms with E-state index in [0.717, 1.165) is 11.3 Å². The van der Waals surface area contributed by atoms with Gasteiger partial charge in [0.15, 0.2) is 0 Å².